The van der Waals surface area contributed by atoms with Gasteiger partial charge in [0.1, 0.15) is 55.9 Å². The van der Waals surface area contributed by atoms with E-state index in [2.05, 4.69) is 115 Å². The summed E-state index contributed by atoms with van der Waals surface area (Å²) < 4.78 is 27.0. The number of hydrogen-bond acceptors (Lipinski definition) is 14. The molecule has 0 radical (unpaired) electrons. The fraction of sp³-hybridized carbons (Fsp3) is 0. The third kappa shape index (κ3) is 11.0. The zero-order valence-electron chi connectivity index (χ0n) is 59.4. The summed E-state index contributed by atoms with van der Waals surface area (Å²) in [6, 6.07) is 114. The van der Waals surface area contributed by atoms with Gasteiger partial charge in [0.25, 0.3) is 0 Å². The maximum absolute atomic E-state index is 7.16. The summed E-state index contributed by atoms with van der Waals surface area (Å²) in [5.41, 5.74) is 22.6. The molecular formula is C98H56N10O4. The lowest BCUT2D eigenvalue weighted by Gasteiger charge is -2.12. The molecule has 0 fully saturated rings. The van der Waals surface area contributed by atoms with E-state index in [4.69, 9.17) is 67.5 Å². The smallest absolute Gasteiger partial charge is 0.180 e. The Morgan fingerprint density at radius 2 is 0.527 bits per heavy atom. The monoisotopic (exact) mass is 1440 g/mol. The molecule has 522 valence electrons. The molecule has 0 amide bonds. The molecule has 0 aliphatic rings. The average molecular weight is 1440 g/mol. The van der Waals surface area contributed by atoms with Gasteiger partial charge in [-0.3, -0.25) is 0 Å². The van der Waals surface area contributed by atoms with Crippen molar-refractivity contribution in [1.82, 2.24) is 49.8 Å². The molecule has 14 heteroatoms. The number of aromatic nitrogens is 10. The Balaban J connectivity index is 0.651. The largest absolute Gasteiger partial charge is 0.455 e. The minimum absolute atomic E-state index is 0.450. The molecule has 8 heterocycles. The van der Waals surface area contributed by atoms with E-state index in [-0.39, 0.29) is 0 Å². The molecular weight excluding hydrogens is 1380 g/mol. The second kappa shape index (κ2) is 26.2. The van der Waals surface area contributed by atoms with Gasteiger partial charge < -0.3 is 17.7 Å². The first-order chi connectivity index (χ1) is 55.4. The number of benzene rings is 14. The van der Waals surface area contributed by atoms with Gasteiger partial charge in [0.05, 0.1) is 11.1 Å². The summed E-state index contributed by atoms with van der Waals surface area (Å²) in [5.74, 6) is 4.15. The van der Waals surface area contributed by atoms with Crippen molar-refractivity contribution in [2.75, 3.05) is 0 Å². The van der Waals surface area contributed by atoms with Crippen molar-refractivity contribution in [2.45, 2.75) is 0 Å². The highest BCUT2D eigenvalue weighted by Gasteiger charge is 2.26. The lowest BCUT2D eigenvalue weighted by atomic mass is 9.96. The second-order valence-corrected chi connectivity index (χ2v) is 27.7. The third-order valence-electron chi connectivity index (χ3n) is 20.9. The summed E-state index contributed by atoms with van der Waals surface area (Å²) in [7, 11) is 0. The highest BCUT2D eigenvalue weighted by Crippen LogP contribution is 2.46. The Morgan fingerprint density at radius 1 is 0.161 bits per heavy atom. The number of para-hydroxylation sites is 3. The van der Waals surface area contributed by atoms with Gasteiger partial charge in [-0.15, -0.1) is 0 Å². The van der Waals surface area contributed by atoms with Gasteiger partial charge in [0.15, 0.2) is 57.8 Å². The Labute approximate surface area is 638 Å². The number of nitrogens with zero attached hydrogens (tertiary/aromatic N) is 10. The minimum Gasteiger partial charge on any atom is -0.455 e. The quantitative estimate of drug-likeness (QED) is 0.106. The molecule has 14 nitrogen and oxygen atoms in total. The summed E-state index contributed by atoms with van der Waals surface area (Å²) in [5, 5.41) is 5.55. The van der Waals surface area contributed by atoms with Crippen LogP contribution in [0.1, 0.15) is 0 Å². The molecule has 0 bridgehead atoms. The fourth-order valence-electron chi connectivity index (χ4n) is 15.4. The van der Waals surface area contributed by atoms with Crippen molar-refractivity contribution in [3.63, 3.8) is 0 Å². The van der Waals surface area contributed by atoms with E-state index in [1.165, 1.54) is 0 Å². The summed E-state index contributed by atoms with van der Waals surface area (Å²) >= 11 is 0. The lowest BCUT2D eigenvalue weighted by Crippen LogP contribution is -2.01. The molecule has 0 atom stereocenters. The first-order valence-corrected chi connectivity index (χ1v) is 36.9. The van der Waals surface area contributed by atoms with E-state index in [1.807, 2.05) is 224 Å². The van der Waals surface area contributed by atoms with Crippen LogP contribution in [-0.2, 0) is 0 Å². The zero-order chi connectivity index (χ0) is 73.7. The van der Waals surface area contributed by atoms with Crippen LogP contribution < -0.4 is 0 Å². The molecule has 22 aromatic rings. The maximum atomic E-state index is 7.16. The van der Waals surface area contributed by atoms with Crippen molar-refractivity contribution < 1.29 is 17.7 Å². The van der Waals surface area contributed by atoms with Crippen molar-refractivity contribution >= 4 is 88.0 Å². The topological polar surface area (TPSA) is 181 Å². The van der Waals surface area contributed by atoms with Crippen molar-refractivity contribution in [3.05, 3.63) is 340 Å². The average Bonchev–Trinajstić information content (AvgIpc) is 1.60. The molecule has 0 unspecified atom stereocenters. The van der Waals surface area contributed by atoms with Gasteiger partial charge in [-0.25, -0.2) is 49.8 Å². The zero-order valence-corrected chi connectivity index (χ0v) is 59.4. The molecule has 0 aliphatic carbocycles. The predicted molar refractivity (Wildman–Crippen MR) is 444 cm³/mol. The lowest BCUT2D eigenvalue weighted by molar-refractivity contribution is 0.667. The van der Waals surface area contributed by atoms with E-state index >= 15 is 0 Å². The molecule has 0 saturated heterocycles. The summed E-state index contributed by atoms with van der Waals surface area (Å²) in [6.45, 7) is 0. The molecule has 0 aliphatic heterocycles. The van der Waals surface area contributed by atoms with Gasteiger partial charge in [-0.05, 0) is 100 Å². The molecule has 14 aromatic carbocycles. The van der Waals surface area contributed by atoms with Crippen LogP contribution in [0.3, 0.4) is 0 Å². The molecule has 0 spiro atoms. The normalized spacial score (nSPS) is 11.8. The van der Waals surface area contributed by atoms with E-state index in [1.54, 1.807) is 0 Å². The van der Waals surface area contributed by atoms with Crippen molar-refractivity contribution in [3.8, 4) is 147 Å². The van der Waals surface area contributed by atoms with Crippen LogP contribution in [0.4, 0.5) is 0 Å². The number of hydrogen-bond donors (Lipinski definition) is 0. The molecule has 0 N–H and O–H groups in total. The van der Waals surface area contributed by atoms with Crippen LogP contribution >= 0.6 is 0 Å². The van der Waals surface area contributed by atoms with Gasteiger partial charge in [-0.1, -0.05) is 273 Å². The van der Waals surface area contributed by atoms with Gasteiger partial charge in [0.2, 0.25) is 0 Å². The molecule has 8 aromatic heterocycles. The Kier molecular flexibility index (Phi) is 14.9. The van der Waals surface area contributed by atoms with Crippen LogP contribution in [0.15, 0.2) is 357 Å². The molecule has 0 saturated carbocycles. The van der Waals surface area contributed by atoms with E-state index in [9.17, 15) is 0 Å². The van der Waals surface area contributed by atoms with Crippen LogP contribution in [0.2, 0.25) is 0 Å². The first-order valence-electron chi connectivity index (χ1n) is 36.9. The van der Waals surface area contributed by atoms with Gasteiger partial charge >= 0.3 is 0 Å². The second-order valence-electron chi connectivity index (χ2n) is 27.7. The first kappa shape index (κ1) is 63.7. The number of fused-ring (bicyclic) bond motifs is 12. The van der Waals surface area contributed by atoms with Crippen LogP contribution in [-0.4, -0.2) is 49.8 Å². The van der Waals surface area contributed by atoms with E-state index in [0.29, 0.717) is 80.1 Å². The standard InChI is InChI=1S/C98H56N10O4/c1-6-23-59(24-7-1)83-89-85(72-35-16-18-40-78(72)109-89)101-91(99-83)64-47-43-57(44-48-64)67-51-52-71-76-54-69(55-77(88(76)112-81(71)56-67)98-106-93(61-27-10-3-11-28-61)103-94(107-98)62-29-12-4-13-30-62)66-33-20-34-68(53-66)96-104-95(63-31-14-5-15-32-63)105-97(108-96)75-39-21-38-74-82-70(37-22-42-80(82)111-87(74)75)58-45-49-65(50-46-58)92-100-84(60-25-8-2-9-26-60)90-86(102-92)73-36-17-19-41-79(73)110-90/h1-56H. The van der Waals surface area contributed by atoms with Crippen LogP contribution in [0.5, 0.6) is 0 Å². The Hall–Kier alpha value is -15.5. The highest BCUT2D eigenvalue weighted by atomic mass is 16.3. The van der Waals surface area contributed by atoms with Gasteiger partial charge in [-0.2, -0.15) is 0 Å². The van der Waals surface area contributed by atoms with E-state index < -0.39 is 0 Å². The van der Waals surface area contributed by atoms with Gasteiger partial charge in [0, 0.05) is 76.8 Å². The minimum atomic E-state index is 0.450. The maximum Gasteiger partial charge on any atom is 0.180 e. The van der Waals surface area contributed by atoms with Crippen LogP contribution in [0.25, 0.3) is 235 Å². The van der Waals surface area contributed by atoms with E-state index in [0.717, 1.165) is 155 Å². The van der Waals surface area contributed by atoms with Crippen molar-refractivity contribution in [1.29, 1.82) is 0 Å². The molecule has 112 heavy (non-hydrogen) atoms. The van der Waals surface area contributed by atoms with Crippen LogP contribution in [0, 0.1) is 0 Å². The predicted octanol–water partition coefficient (Wildman–Crippen LogP) is 24.9. The Morgan fingerprint density at radius 3 is 1.09 bits per heavy atom. The van der Waals surface area contributed by atoms with Crippen molar-refractivity contribution in [2.24, 2.45) is 0 Å². The summed E-state index contributed by atoms with van der Waals surface area (Å²) in [6.07, 6.45) is 0. The molecule has 22 rings (SSSR count). The third-order valence-corrected chi connectivity index (χ3v) is 20.9. The Bertz CT molecular complexity index is 7420. The highest BCUT2D eigenvalue weighted by molar-refractivity contribution is 6.16. The SMILES string of the molecule is c1ccc(-c2nc(-c3ccccc3)nc(-c3cc(-c4cccc(-c5nc(-c6ccccc6)nc(-c6cccc7c6oc6cccc(-c8ccc(-c9nc(-c%10ccccc%10)c%10oc%11ccccc%11c%10n9)cc8)c67)n5)c4)cc4c3oc3cc(-c5ccc(-c6nc(-c7ccccc7)c7oc8ccccc8c7n6)cc5)ccc34)n2)cc1. The summed E-state index contributed by atoms with van der Waals surface area (Å²) in [4.78, 5) is 52.2. The fourth-order valence-corrected chi connectivity index (χ4v) is 15.4. The number of furan rings is 4. The number of rotatable bonds is 13.